The zero-order chi connectivity index (χ0) is 10.8. The van der Waals surface area contributed by atoms with E-state index >= 15 is 0 Å². The van der Waals surface area contributed by atoms with Gasteiger partial charge in [-0.25, -0.2) is 0 Å². The van der Waals surface area contributed by atoms with Gasteiger partial charge >= 0.3 is 0 Å². The van der Waals surface area contributed by atoms with Crippen molar-refractivity contribution in [2.24, 2.45) is 0 Å². The summed E-state index contributed by atoms with van der Waals surface area (Å²) in [4.78, 5) is 11.1. The Hall–Kier alpha value is -0.650. The number of nitrogens with one attached hydrogen (secondary N) is 2. The first-order valence-corrected chi connectivity index (χ1v) is 4.69. The molecule has 0 aliphatic rings. The summed E-state index contributed by atoms with van der Waals surface area (Å²) in [6, 6.07) is 0. The molecule has 2 N–H and O–H groups in total. The largest absolute Gasteiger partial charge is 0.383 e. The average molecular weight is 204 g/mol. The monoisotopic (exact) mass is 204 g/mol. The van der Waals surface area contributed by atoms with Crippen LogP contribution in [-0.2, 0) is 14.3 Å². The van der Waals surface area contributed by atoms with Gasteiger partial charge in [-0.3, -0.25) is 4.79 Å². The third-order valence-electron chi connectivity index (χ3n) is 1.75. The zero-order valence-corrected chi connectivity index (χ0v) is 9.13. The van der Waals surface area contributed by atoms with Crippen LogP contribution in [0.1, 0.15) is 6.92 Å². The second-order valence-corrected chi connectivity index (χ2v) is 3.02. The van der Waals surface area contributed by atoms with Gasteiger partial charge in [0.25, 0.3) is 0 Å². The van der Waals surface area contributed by atoms with E-state index in [4.69, 9.17) is 9.47 Å². The van der Waals surface area contributed by atoms with E-state index in [1.54, 1.807) is 14.2 Å². The molecule has 0 bridgehead atoms. The predicted molar refractivity (Wildman–Crippen MR) is 54.2 cm³/mol. The molecule has 0 rings (SSSR count). The first-order valence-electron chi connectivity index (χ1n) is 4.69. The van der Waals surface area contributed by atoms with Gasteiger partial charge in [0.1, 0.15) is 0 Å². The van der Waals surface area contributed by atoms with Crippen molar-refractivity contribution in [1.29, 1.82) is 0 Å². The van der Waals surface area contributed by atoms with Gasteiger partial charge in [0, 0.05) is 27.3 Å². The predicted octanol–water partition coefficient (Wildman–Crippen LogP) is -0.626. The van der Waals surface area contributed by atoms with Gasteiger partial charge in [0.2, 0.25) is 5.91 Å². The van der Waals surface area contributed by atoms with E-state index in [-0.39, 0.29) is 12.0 Å². The molecule has 0 aromatic rings. The Morgan fingerprint density at radius 3 is 2.71 bits per heavy atom. The lowest BCUT2D eigenvalue weighted by atomic mass is 10.4. The number of amides is 1. The van der Waals surface area contributed by atoms with Crippen LogP contribution in [-0.4, -0.2) is 52.5 Å². The summed E-state index contributed by atoms with van der Waals surface area (Å²) < 4.78 is 9.81. The van der Waals surface area contributed by atoms with Crippen LogP contribution in [0.5, 0.6) is 0 Å². The fourth-order valence-corrected chi connectivity index (χ4v) is 0.827. The van der Waals surface area contributed by atoms with Crippen molar-refractivity contribution >= 4 is 5.91 Å². The standard InChI is InChI=1S/C9H20N2O3/c1-8(14-3)6-10-7-9(12)11-4-5-13-2/h8,10H,4-7H2,1-3H3,(H,11,12). The number of methoxy groups -OCH3 is 2. The number of ether oxygens (including phenoxy) is 2. The first-order chi connectivity index (χ1) is 6.70. The molecule has 84 valence electrons. The molecule has 1 atom stereocenters. The van der Waals surface area contributed by atoms with Crippen molar-refractivity contribution < 1.29 is 14.3 Å². The van der Waals surface area contributed by atoms with Gasteiger partial charge in [-0.2, -0.15) is 0 Å². The van der Waals surface area contributed by atoms with Crippen LogP contribution in [0.15, 0.2) is 0 Å². The van der Waals surface area contributed by atoms with E-state index in [0.29, 0.717) is 26.2 Å². The fourth-order valence-electron chi connectivity index (χ4n) is 0.827. The Kier molecular flexibility index (Phi) is 8.51. The molecule has 0 saturated heterocycles. The first kappa shape index (κ1) is 13.4. The lowest BCUT2D eigenvalue weighted by Crippen LogP contribution is -2.38. The highest BCUT2D eigenvalue weighted by Crippen LogP contribution is 1.82. The molecule has 0 aromatic carbocycles. The fraction of sp³-hybridized carbons (Fsp3) is 0.889. The highest BCUT2D eigenvalue weighted by Gasteiger charge is 2.01. The van der Waals surface area contributed by atoms with Crippen LogP contribution >= 0.6 is 0 Å². The van der Waals surface area contributed by atoms with E-state index in [9.17, 15) is 4.79 Å². The van der Waals surface area contributed by atoms with Crippen LogP contribution in [0.4, 0.5) is 0 Å². The van der Waals surface area contributed by atoms with Crippen LogP contribution in [0.2, 0.25) is 0 Å². The Morgan fingerprint density at radius 2 is 2.14 bits per heavy atom. The number of hydrogen-bond acceptors (Lipinski definition) is 4. The Balaban J connectivity index is 3.26. The Morgan fingerprint density at radius 1 is 1.43 bits per heavy atom. The number of rotatable bonds is 8. The molecule has 5 nitrogen and oxygen atoms in total. The summed E-state index contributed by atoms with van der Waals surface area (Å²) in [5.74, 6) is -0.0228. The maximum atomic E-state index is 11.1. The van der Waals surface area contributed by atoms with Crippen LogP contribution in [0.25, 0.3) is 0 Å². The van der Waals surface area contributed by atoms with Crippen molar-refractivity contribution in [3.05, 3.63) is 0 Å². The molecule has 0 aliphatic carbocycles. The van der Waals surface area contributed by atoms with E-state index in [1.165, 1.54) is 0 Å². The summed E-state index contributed by atoms with van der Waals surface area (Å²) in [6.07, 6.45) is 0.127. The molecule has 0 heterocycles. The average Bonchev–Trinajstić information content (AvgIpc) is 2.18. The lowest BCUT2D eigenvalue weighted by Gasteiger charge is -2.10. The topological polar surface area (TPSA) is 59.6 Å². The van der Waals surface area contributed by atoms with Gasteiger partial charge in [0.05, 0.1) is 19.3 Å². The SMILES string of the molecule is COCCNC(=O)CNCC(C)OC. The molecule has 14 heavy (non-hydrogen) atoms. The molecular formula is C9H20N2O3. The number of hydrogen-bond donors (Lipinski definition) is 2. The van der Waals surface area contributed by atoms with Crippen LogP contribution in [0.3, 0.4) is 0 Å². The molecule has 0 aromatic heterocycles. The van der Waals surface area contributed by atoms with Gasteiger partial charge in [-0.05, 0) is 6.92 Å². The van der Waals surface area contributed by atoms with E-state index < -0.39 is 0 Å². The smallest absolute Gasteiger partial charge is 0.234 e. The molecule has 1 amide bonds. The molecule has 0 fully saturated rings. The van der Waals surface area contributed by atoms with Crippen LogP contribution in [0, 0.1) is 0 Å². The van der Waals surface area contributed by atoms with Gasteiger partial charge in [0.15, 0.2) is 0 Å². The van der Waals surface area contributed by atoms with E-state index in [1.807, 2.05) is 6.92 Å². The van der Waals surface area contributed by atoms with E-state index in [2.05, 4.69) is 10.6 Å². The summed E-state index contributed by atoms with van der Waals surface area (Å²) in [7, 11) is 3.25. The maximum Gasteiger partial charge on any atom is 0.234 e. The van der Waals surface area contributed by atoms with Crippen molar-refractivity contribution in [2.45, 2.75) is 13.0 Å². The maximum absolute atomic E-state index is 11.1. The highest BCUT2D eigenvalue weighted by atomic mass is 16.5. The van der Waals surface area contributed by atoms with Gasteiger partial charge < -0.3 is 20.1 Å². The van der Waals surface area contributed by atoms with Gasteiger partial charge in [-0.15, -0.1) is 0 Å². The normalized spacial score (nSPS) is 12.5. The molecule has 0 radical (unpaired) electrons. The van der Waals surface area contributed by atoms with Crippen molar-refractivity contribution in [1.82, 2.24) is 10.6 Å². The Labute approximate surface area is 85.1 Å². The number of carbonyl (C=O) groups excluding carboxylic acids is 1. The molecular weight excluding hydrogens is 184 g/mol. The molecule has 0 aliphatic heterocycles. The summed E-state index contributed by atoms with van der Waals surface area (Å²) in [5, 5.41) is 5.69. The quantitative estimate of drug-likeness (QED) is 0.517. The highest BCUT2D eigenvalue weighted by molar-refractivity contribution is 5.77. The lowest BCUT2D eigenvalue weighted by molar-refractivity contribution is -0.120. The third-order valence-corrected chi connectivity index (χ3v) is 1.75. The Bertz CT molecular complexity index is 153. The van der Waals surface area contributed by atoms with E-state index in [0.717, 1.165) is 0 Å². The van der Waals surface area contributed by atoms with Crippen LogP contribution < -0.4 is 10.6 Å². The van der Waals surface area contributed by atoms with Crippen molar-refractivity contribution in [3.63, 3.8) is 0 Å². The minimum atomic E-state index is -0.0228. The summed E-state index contributed by atoms with van der Waals surface area (Å²) in [6.45, 7) is 4.03. The molecule has 5 heteroatoms. The zero-order valence-electron chi connectivity index (χ0n) is 9.13. The van der Waals surface area contributed by atoms with Crippen molar-refractivity contribution in [3.8, 4) is 0 Å². The second-order valence-electron chi connectivity index (χ2n) is 3.02. The summed E-state index contributed by atoms with van der Waals surface area (Å²) in [5.41, 5.74) is 0. The molecule has 0 saturated carbocycles. The second kappa shape index (κ2) is 8.93. The minimum Gasteiger partial charge on any atom is -0.383 e. The number of carbonyl (C=O) groups is 1. The molecule has 0 spiro atoms. The van der Waals surface area contributed by atoms with Gasteiger partial charge in [-0.1, -0.05) is 0 Å². The minimum absolute atomic E-state index is 0.0228. The third kappa shape index (κ3) is 7.97. The molecule has 1 unspecified atom stereocenters. The summed E-state index contributed by atoms with van der Waals surface area (Å²) >= 11 is 0. The van der Waals surface area contributed by atoms with Crippen molar-refractivity contribution in [2.75, 3.05) is 40.5 Å².